The molecule has 10 rings (SSSR count). The van der Waals surface area contributed by atoms with Crippen molar-refractivity contribution in [1.29, 1.82) is 0 Å². The molecule has 4 aliphatic carbocycles. The van der Waals surface area contributed by atoms with E-state index < -0.39 is 40.7 Å². The normalized spacial score (nSPS) is 17.6. The fourth-order valence-corrected chi connectivity index (χ4v) is 46.5. The van der Waals surface area contributed by atoms with Crippen LogP contribution in [-0.2, 0) is 40.7 Å². The first-order chi connectivity index (χ1) is 29.4. The molecule has 4 aliphatic rings. The van der Waals surface area contributed by atoms with Crippen LogP contribution in [0.4, 0.5) is 11.4 Å². The first-order valence-corrected chi connectivity index (χ1v) is 39.3. The van der Waals surface area contributed by atoms with Gasteiger partial charge in [-0.15, -0.1) is 0 Å². The molecule has 6 aromatic carbocycles. The summed E-state index contributed by atoms with van der Waals surface area (Å²) >= 11 is -3.31. The Kier molecular flexibility index (Phi) is 16.0. The number of fused-ring (bicyclic) bond motifs is 4. The number of hydrogen-bond donors (Lipinski definition) is 2. The molecule has 0 spiro atoms. The number of rotatable bonds is 6. The molecule has 2 N–H and O–H groups in total. The van der Waals surface area contributed by atoms with E-state index in [9.17, 15) is 0 Å². The van der Waals surface area contributed by atoms with Gasteiger partial charge in [-0.2, -0.15) is 0 Å². The zero-order chi connectivity index (χ0) is 41.8. The van der Waals surface area contributed by atoms with Crippen molar-refractivity contribution in [1.82, 2.24) is 0 Å². The van der Waals surface area contributed by atoms with Crippen LogP contribution in [0.25, 0.3) is 24.3 Å². The predicted molar refractivity (Wildman–Crippen MR) is 260 cm³/mol. The molecule has 0 saturated carbocycles. The van der Waals surface area contributed by atoms with Gasteiger partial charge in [-0.05, 0) is 24.3 Å². The molecule has 6 aromatic rings. The third kappa shape index (κ3) is 10.6. The monoisotopic (exact) mass is 970 g/mol. The number of hydrogen-bond acceptors (Lipinski definition) is 2. The van der Waals surface area contributed by atoms with E-state index in [0.29, 0.717) is 0 Å². The van der Waals surface area contributed by atoms with Crippen molar-refractivity contribution in [2.45, 2.75) is 40.7 Å². The summed E-state index contributed by atoms with van der Waals surface area (Å²) in [5.74, 6) is 0. The van der Waals surface area contributed by atoms with E-state index in [4.69, 9.17) is 0 Å². The average molecular weight is 974 g/mol. The van der Waals surface area contributed by atoms with Gasteiger partial charge < -0.3 is 10.6 Å². The molecule has 2 nitrogen and oxygen atoms in total. The summed E-state index contributed by atoms with van der Waals surface area (Å²) in [5.41, 5.74) is 14.2. The summed E-state index contributed by atoms with van der Waals surface area (Å²) in [6.45, 7) is 10.2. The van der Waals surface area contributed by atoms with Gasteiger partial charge in [0.25, 0.3) is 0 Å². The molecule has 0 radical (unpaired) electrons. The summed E-state index contributed by atoms with van der Waals surface area (Å²) in [6.07, 6.45) is 19.6. The van der Waals surface area contributed by atoms with Gasteiger partial charge in [0.1, 0.15) is 0 Å². The molecule has 4 atom stereocenters. The first-order valence-electron chi connectivity index (χ1n) is 21.3. The van der Waals surface area contributed by atoms with Gasteiger partial charge in [0.2, 0.25) is 0 Å². The molecule has 0 aliphatic heterocycles. The van der Waals surface area contributed by atoms with Crippen LogP contribution in [0.5, 0.6) is 0 Å². The first kappa shape index (κ1) is 44.1. The standard InChI is InChI=1S/4C9H7.2C7H9N.2C2H6Si.2Zr/c4*1-2-5-9-7-3-6-8(9)4-1;2*1-8-7-5-3-2-4-6-7;2*1-3-2;;/h4*1-7H;2*2-6,8H,1H3;2*1-2H3;;. The third-order valence-corrected chi connectivity index (χ3v) is 50.1. The Balaban J connectivity index is 0.000000134. The second-order valence-corrected chi connectivity index (χ2v) is 52.2. The topological polar surface area (TPSA) is 24.1 Å². The number of benzene rings is 6. The minimum absolute atomic E-state index is 0.228. The Bertz CT molecular complexity index is 2270. The maximum absolute atomic E-state index is 3.03. The molecular weight excluding hydrogens is 915 g/mol. The zero-order valence-electron chi connectivity index (χ0n) is 35.9. The van der Waals surface area contributed by atoms with Crippen molar-refractivity contribution >= 4 is 46.5 Å². The van der Waals surface area contributed by atoms with Crippen molar-refractivity contribution in [3.63, 3.8) is 0 Å². The van der Waals surface area contributed by atoms with Crippen LogP contribution < -0.4 is 10.6 Å². The summed E-state index contributed by atoms with van der Waals surface area (Å²) in [4.78, 5) is 0. The van der Waals surface area contributed by atoms with Crippen LogP contribution in [0.2, 0.25) is 26.2 Å². The van der Waals surface area contributed by atoms with Crippen molar-refractivity contribution in [3.8, 4) is 0 Å². The maximum atomic E-state index is 3.03. The van der Waals surface area contributed by atoms with Crippen LogP contribution in [0, 0.1) is 0 Å². The molecule has 0 amide bonds. The SMILES string of the molecule is CNc1ccccc1.CNc1ccccc1.C[Si](C)=[Zr]([CH]1C=Cc2ccccc21)[CH]1C=Cc2ccccc21.C[Si](C)=[Zr]([CH]1C=Cc2ccccc21)[CH]1C=Cc2ccccc21. The van der Waals surface area contributed by atoms with Gasteiger partial charge >= 0.3 is 282 Å². The molecule has 0 saturated heterocycles. The zero-order valence-corrected chi connectivity index (χ0v) is 42.9. The Morgan fingerprint density at radius 3 is 0.783 bits per heavy atom. The Morgan fingerprint density at radius 2 is 0.567 bits per heavy atom. The molecule has 0 aromatic heterocycles. The summed E-state index contributed by atoms with van der Waals surface area (Å²) in [6, 6.07) is 56.3. The quantitative estimate of drug-likeness (QED) is 0.163. The number of para-hydroxylation sites is 2. The molecule has 0 fully saturated rings. The number of nitrogens with one attached hydrogen (secondary N) is 2. The van der Waals surface area contributed by atoms with E-state index in [-0.39, 0.29) is 10.9 Å². The van der Waals surface area contributed by atoms with E-state index in [2.05, 4.69) is 182 Å². The van der Waals surface area contributed by atoms with Gasteiger partial charge in [0, 0.05) is 25.5 Å². The summed E-state index contributed by atoms with van der Waals surface area (Å²) in [7, 11) is 3.82. The van der Waals surface area contributed by atoms with Crippen LogP contribution in [-0.4, -0.2) is 25.0 Å². The molecule has 6 heteroatoms. The van der Waals surface area contributed by atoms with E-state index >= 15 is 0 Å². The third-order valence-electron chi connectivity index (χ3n) is 11.8. The predicted octanol–water partition coefficient (Wildman–Crippen LogP) is 14.2. The molecule has 0 bridgehead atoms. The van der Waals surface area contributed by atoms with Gasteiger partial charge in [-0.25, -0.2) is 0 Å². The average Bonchev–Trinajstić information content (AvgIpc) is 4.12. The summed E-state index contributed by atoms with van der Waals surface area (Å²) in [5, 5.41) is 6.05. The van der Waals surface area contributed by atoms with Crippen LogP contribution in [0.1, 0.15) is 59.0 Å². The molecule has 60 heavy (non-hydrogen) atoms. The Hall–Kier alpha value is -3.92. The fraction of sp³-hybridized carbons (Fsp3) is 0.185. The molecule has 300 valence electrons. The molecule has 4 unspecified atom stereocenters. The van der Waals surface area contributed by atoms with Crippen molar-refractivity contribution < 1.29 is 40.7 Å². The van der Waals surface area contributed by atoms with Gasteiger partial charge in [-0.1, -0.05) is 36.4 Å². The van der Waals surface area contributed by atoms with Crippen molar-refractivity contribution in [2.75, 3.05) is 24.7 Å². The Morgan fingerprint density at radius 1 is 0.333 bits per heavy atom. The van der Waals surface area contributed by atoms with E-state index in [0.717, 1.165) is 25.9 Å². The van der Waals surface area contributed by atoms with Gasteiger partial charge in [-0.3, -0.25) is 0 Å². The van der Waals surface area contributed by atoms with Gasteiger partial charge in [0.15, 0.2) is 0 Å². The minimum atomic E-state index is -1.65. The van der Waals surface area contributed by atoms with E-state index in [1.165, 1.54) is 22.3 Å². The number of anilines is 2. The van der Waals surface area contributed by atoms with E-state index in [1.54, 1.807) is 22.3 Å². The molecule has 0 heterocycles. The van der Waals surface area contributed by atoms with Gasteiger partial charge in [0.05, 0.1) is 0 Å². The second kappa shape index (κ2) is 21.7. The van der Waals surface area contributed by atoms with Crippen molar-refractivity contribution in [2.24, 2.45) is 0 Å². The van der Waals surface area contributed by atoms with Crippen LogP contribution in [0.15, 0.2) is 182 Å². The number of allylic oxidation sites excluding steroid dienone is 4. The Labute approximate surface area is 375 Å². The summed E-state index contributed by atoms with van der Waals surface area (Å²) < 4.78 is 3.07. The van der Waals surface area contributed by atoms with Crippen LogP contribution in [0.3, 0.4) is 0 Å². The second-order valence-electron chi connectivity index (χ2n) is 16.0. The van der Waals surface area contributed by atoms with Crippen molar-refractivity contribution in [3.05, 3.63) is 227 Å². The fourth-order valence-electron chi connectivity index (χ4n) is 8.92. The molecular formula is C54H58N2Si2Zr2. The van der Waals surface area contributed by atoms with E-state index in [1.807, 2.05) is 74.8 Å². The van der Waals surface area contributed by atoms with Crippen LogP contribution >= 0.6 is 0 Å².